The average Bonchev–Trinajstić information content (AvgIpc) is 2.39. The van der Waals surface area contributed by atoms with Crippen molar-refractivity contribution < 1.29 is 19.4 Å². The zero-order valence-corrected chi connectivity index (χ0v) is 11.1. The first-order valence-electron chi connectivity index (χ1n) is 6.45. The second-order valence-corrected chi connectivity index (χ2v) is 4.77. The lowest BCUT2D eigenvalue weighted by molar-refractivity contribution is -0.139. The molecule has 1 saturated heterocycles. The highest BCUT2D eigenvalue weighted by atomic mass is 16.5. The molecule has 2 rings (SSSR count). The average molecular weight is 275 g/mol. The molecule has 0 saturated carbocycles. The fraction of sp³-hybridized carbons (Fsp3) is 0.333. The summed E-state index contributed by atoms with van der Waals surface area (Å²) in [4.78, 5) is 24.5. The number of carbonyl (C=O) groups excluding carboxylic acids is 1. The third kappa shape index (κ3) is 3.17. The summed E-state index contributed by atoms with van der Waals surface area (Å²) in [6.45, 7) is 4.89. The number of para-hydroxylation sites is 1. The zero-order chi connectivity index (χ0) is 14.5. The van der Waals surface area contributed by atoms with E-state index in [9.17, 15) is 9.59 Å². The highest BCUT2D eigenvalue weighted by Gasteiger charge is 2.33. The van der Waals surface area contributed by atoms with Crippen LogP contribution in [0.25, 0.3) is 0 Å². The van der Waals surface area contributed by atoms with Crippen molar-refractivity contribution in [1.82, 2.24) is 4.90 Å². The SMILES string of the molecule is C=CCOc1ccccc1C(=O)N1CC(CC(=O)O)C1. The second-order valence-electron chi connectivity index (χ2n) is 4.77. The van der Waals surface area contributed by atoms with Gasteiger partial charge in [0.1, 0.15) is 12.4 Å². The molecule has 0 atom stereocenters. The monoisotopic (exact) mass is 275 g/mol. The summed E-state index contributed by atoms with van der Waals surface area (Å²) in [7, 11) is 0. The fourth-order valence-electron chi connectivity index (χ4n) is 2.20. The number of nitrogens with zero attached hydrogens (tertiary/aromatic N) is 1. The number of likely N-dealkylation sites (tertiary alicyclic amines) is 1. The molecule has 1 aromatic rings. The minimum atomic E-state index is -0.822. The van der Waals surface area contributed by atoms with Gasteiger partial charge >= 0.3 is 5.97 Å². The summed E-state index contributed by atoms with van der Waals surface area (Å²) in [6, 6.07) is 7.04. The van der Waals surface area contributed by atoms with Gasteiger partial charge in [-0.25, -0.2) is 0 Å². The molecule has 1 N–H and O–H groups in total. The van der Waals surface area contributed by atoms with Crippen LogP contribution >= 0.6 is 0 Å². The maximum atomic E-state index is 12.3. The third-order valence-corrected chi connectivity index (χ3v) is 3.18. The summed E-state index contributed by atoms with van der Waals surface area (Å²) in [5, 5.41) is 8.70. The Kier molecular flexibility index (Phi) is 4.40. The molecule has 1 fully saturated rings. The second kappa shape index (κ2) is 6.23. The summed E-state index contributed by atoms with van der Waals surface area (Å²) >= 11 is 0. The molecule has 1 aliphatic rings. The Bertz CT molecular complexity index is 520. The lowest BCUT2D eigenvalue weighted by atomic mass is 9.95. The first-order valence-corrected chi connectivity index (χ1v) is 6.45. The number of rotatable bonds is 6. The quantitative estimate of drug-likeness (QED) is 0.804. The Labute approximate surface area is 117 Å². The molecular formula is C15H17NO4. The lowest BCUT2D eigenvalue weighted by Crippen LogP contribution is -2.50. The molecule has 20 heavy (non-hydrogen) atoms. The molecule has 106 valence electrons. The molecule has 1 aliphatic heterocycles. The summed E-state index contributed by atoms with van der Waals surface area (Å²) in [5.74, 6) is -0.361. The number of ether oxygens (including phenoxy) is 1. The number of aliphatic carboxylic acids is 1. The predicted octanol–water partition coefficient (Wildman–Crippen LogP) is 1.80. The molecule has 5 nitrogen and oxygen atoms in total. The number of carboxylic acids is 1. The van der Waals surface area contributed by atoms with Crippen LogP contribution in [0.5, 0.6) is 5.75 Å². The minimum absolute atomic E-state index is 0.0534. The Morgan fingerprint density at radius 1 is 1.40 bits per heavy atom. The van der Waals surface area contributed by atoms with Crippen LogP contribution in [-0.2, 0) is 4.79 Å². The van der Waals surface area contributed by atoms with E-state index in [4.69, 9.17) is 9.84 Å². The number of carbonyl (C=O) groups is 2. The Morgan fingerprint density at radius 2 is 2.10 bits per heavy atom. The van der Waals surface area contributed by atoms with Crippen molar-refractivity contribution >= 4 is 11.9 Å². The van der Waals surface area contributed by atoms with Gasteiger partial charge in [0.15, 0.2) is 0 Å². The van der Waals surface area contributed by atoms with E-state index in [2.05, 4.69) is 6.58 Å². The normalized spacial score (nSPS) is 14.5. The van der Waals surface area contributed by atoms with Crippen LogP contribution in [0.1, 0.15) is 16.8 Å². The number of hydrogen-bond acceptors (Lipinski definition) is 3. The van der Waals surface area contributed by atoms with Gasteiger partial charge in [-0.15, -0.1) is 0 Å². The topological polar surface area (TPSA) is 66.8 Å². The summed E-state index contributed by atoms with van der Waals surface area (Å²) < 4.78 is 5.46. The van der Waals surface area contributed by atoms with Crippen LogP contribution in [0.4, 0.5) is 0 Å². The van der Waals surface area contributed by atoms with Crippen molar-refractivity contribution in [2.24, 2.45) is 5.92 Å². The molecule has 1 aromatic carbocycles. The standard InChI is InChI=1S/C15H17NO4/c1-2-7-20-13-6-4-3-5-12(13)15(19)16-9-11(10-16)8-14(17)18/h2-6,11H,1,7-10H2,(H,17,18). The van der Waals surface area contributed by atoms with E-state index in [1.54, 1.807) is 35.2 Å². The van der Waals surface area contributed by atoms with Gasteiger partial charge in [-0.3, -0.25) is 9.59 Å². The molecule has 0 unspecified atom stereocenters. The zero-order valence-electron chi connectivity index (χ0n) is 11.1. The first kappa shape index (κ1) is 14.1. The van der Waals surface area contributed by atoms with Crippen LogP contribution in [0, 0.1) is 5.92 Å². The van der Waals surface area contributed by atoms with Crippen LogP contribution in [-0.4, -0.2) is 41.6 Å². The van der Waals surface area contributed by atoms with E-state index < -0.39 is 5.97 Å². The van der Waals surface area contributed by atoms with E-state index in [0.717, 1.165) is 0 Å². The van der Waals surface area contributed by atoms with Gasteiger partial charge in [0.05, 0.1) is 12.0 Å². The Hall–Kier alpha value is -2.30. The smallest absolute Gasteiger partial charge is 0.303 e. The first-order chi connectivity index (χ1) is 9.61. The van der Waals surface area contributed by atoms with Crippen molar-refractivity contribution in [3.8, 4) is 5.75 Å². The van der Waals surface area contributed by atoms with Gasteiger partial charge in [-0.1, -0.05) is 24.8 Å². The van der Waals surface area contributed by atoms with Crippen molar-refractivity contribution in [2.75, 3.05) is 19.7 Å². The predicted molar refractivity (Wildman–Crippen MR) is 73.8 cm³/mol. The van der Waals surface area contributed by atoms with E-state index in [0.29, 0.717) is 31.0 Å². The van der Waals surface area contributed by atoms with Gasteiger partial charge in [-0.2, -0.15) is 0 Å². The molecule has 5 heteroatoms. The number of carboxylic acid groups (broad SMARTS) is 1. The number of amides is 1. The van der Waals surface area contributed by atoms with Gasteiger partial charge in [0.2, 0.25) is 0 Å². The molecule has 0 radical (unpaired) electrons. The van der Waals surface area contributed by atoms with E-state index in [-0.39, 0.29) is 18.2 Å². The van der Waals surface area contributed by atoms with Crippen molar-refractivity contribution in [3.63, 3.8) is 0 Å². The third-order valence-electron chi connectivity index (χ3n) is 3.18. The van der Waals surface area contributed by atoms with Crippen molar-refractivity contribution in [2.45, 2.75) is 6.42 Å². The molecule has 0 aromatic heterocycles. The highest BCUT2D eigenvalue weighted by molar-refractivity contribution is 5.97. The largest absolute Gasteiger partial charge is 0.489 e. The van der Waals surface area contributed by atoms with Crippen molar-refractivity contribution in [1.29, 1.82) is 0 Å². The van der Waals surface area contributed by atoms with Gasteiger partial charge < -0.3 is 14.7 Å². The van der Waals surface area contributed by atoms with Crippen LogP contribution < -0.4 is 4.74 Å². The van der Waals surface area contributed by atoms with E-state index in [1.165, 1.54) is 0 Å². The van der Waals surface area contributed by atoms with Crippen LogP contribution in [0.3, 0.4) is 0 Å². The maximum Gasteiger partial charge on any atom is 0.303 e. The molecular weight excluding hydrogens is 258 g/mol. The van der Waals surface area contributed by atoms with Crippen LogP contribution in [0.2, 0.25) is 0 Å². The maximum absolute atomic E-state index is 12.3. The number of benzene rings is 1. The van der Waals surface area contributed by atoms with Crippen molar-refractivity contribution in [3.05, 3.63) is 42.5 Å². The summed E-state index contributed by atoms with van der Waals surface area (Å²) in [6.07, 6.45) is 1.73. The minimum Gasteiger partial charge on any atom is -0.489 e. The van der Waals surface area contributed by atoms with Gasteiger partial charge in [-0.05, 0) is 12.1 Å². The Morgan fingerprint density at radius 3 is 2.75 bits per heavy atom. The van der Waals surface area contributed by atoms with E-state index in [1.807, 2.05) is 0 Å². The van der Waals surface area contributed by atoms with Gasteiger partial charge in [0, 0.05) is 19.0 Å². The lowest BCUT2D eigenvalue weighted by Gasteiger charge is -2.38. The van der Waals surface area contributed by atoms with Crippen LogP contribution in [0.15, 0.2) is 36.9 Å². The molecule has 0 bridgehead atoms. The number of hydrogen-bond donors (Lipinski definition) is 1. The Balaban J connectivity index is 2.00. The van der Waals surface area contributed by atoms with Gasteiger partial charge in [0.25, 0.3) is 5.91 Å². The molecule has 1 amide bonds. The molecule has 0 spiro atoms. The fourth-order valence-corrected chi connectivity index (χ4v) is 2.20. The molecule has 1 heterocycles. The van der Waals surface area contributed by atoms with E-state index >= 15 is 0 Å². The summed E-state index contributed by atoms with van der Waals surface area (Å²) in [5.41, 5.74) is 0.503. The highest BCUT2D eigenvalue weighted by Crippen LogP contribution is 2.25. The molecule has 0 aliphatic carbocycles.